The molecule has 3 aliphatic heterocycles. The maximum absolute atomic E-state index is 13.4. The van der Waals surface area contributed by atoms with Gasteiger partial charge in [0.15, 0.2) is 6.29 Å². The lowest BCUT2D eigenvalue weighted by atomic mass is 10.0. The number of rotatable bonds is 6. The minimum absolute atomic E-state index is 0.0210. The van der Waals surface area contributed by atoms with Crippen molar-refractivity contribution < 1.29 is 19.1 Å². The number of aromatic nitrogens is 2. The number of urea groups is 1. The number of hydrogen-bond acceptors (Lipinski definition) is 9. The molecule has 2 saturated heterocycles. The number of ether oxygens (including phenoxy) is 2. The molecule has 5 heterocycles. The molecule has 2 fully saturated rings. The van der Waals surface area contributed by atoms with Gasteiger partial charge in [-0.1, -0.05) is 0 Å². The molecule has 2 aromatic rings. The van der Waals surface area contributed by atoms with Crippen molar-refractivity contribution in [2.75, 3.05) is 55.0 Å². The van der Waals surface area contributed by atoms with Gasteiger partial charge in [0.25, 0.3) is 0 Å². The van der Waals surface area contributed by atoms with Gasteiger partial charge in [-0.2, -0.15) is 5.26 Å². The molecule has 2 atom stereocenters. The van der Waals surface area contributed by atoms with Crippen LogP contribution in [0, 0.1) is 11.3 Å². The minimum Gasteiger partial charge on any atom is -0.380 e. The average Bonchev–Trinajstić information content (AvgIpc) is 3.43. The van der Waals surface area contributed by atoms with E-state index in [0.29, 0.717) is 42.5 Å². The van der Waals surface area contributed by atoms with Crippen molar-refractivity contribution in [3.8, 4) is 6.07 Å². The summed E-state index contributed by atoms with van der Waals surface area (Å²) in [6, 6.07) is 5.55. The zero-order valence-corrected chi connectivity index (χ0v) is 21.9. The van der Waals surface area contributed by atoms with Crippen LogP contribution in [0.2, 0.25) is 0 Å². The molecule has 3 aliphatic rings. The number of methoxy groups -OCH3 is 1. The maximum atomic E-state index is 13.4. The number of aryl methyl sites for hydroxylation is 1. The van der Waals surface area contributed by atoms with E-state index in [1.165, 1.54) is 6.20 Å². The fourth-order valence-electron chi connectivity index (χ4n) is 5.40. The second-order valence-electron chi connectivity index (χ2n) is 9.90. The highest BCUT2D eigenvalue weighted by atomic mass is 16.5. The molecule has 11 nitrogen and oxygen atoms in total. The van der Waals surface area contributed by atoms with Gasteiger partial charge in [-0.25, -0.2) is 14.8 Å². The van der Waals surface area contributed by atoms with Gasteiger partial charge in [0, 0.05) is 58.7 Å². The van der Waals surface area contributed by atoms with E-state index in [9.17, 15) is 14.9 Å². The number of amides is 2. The van der Waals surface area contributed by atoms with Gasteiger partial charge in [0.2, 0.25) is 0 Å². The number of anilines is 3. The lowest BCUT2D eigenvalue weighted by Crippen LogP contribution is -2.41. The highest BCUT2D eigenvalue weighted by Gasteiger charge is 2.29. The third-order valence-electron chi connectivity index (χ3n) is 7.52. The predicted octanol–water partition coefficient (Wildman–Crippen LogP) is 2.94. The third-order valence-corrected chi connectivity index (χ3v) is 7.52. The number of carbonyl (C=O) groups is 2. The first-order valence-electron chi connectivity index (χ1n) is 13.1. The van der Waals surface area contributed by atoms with Crippen molar-refractivity contribution in [3.63, 3.8) is 0 Å². The Balaban J connectivity index is 1.36. The maximum Gasteiger partial charge on any atom is 0.328 e. The predicted molar refractivity (Wildman–Crippen MR) is 141 cm³/mol. The number of hydrogen-bond donors (Lipinski definition) is 1. The topological polar surface area (TPSA) is 124 Å². The first-order chi connectivity index (χ1) is 18.5. The fourth-order valence-corrected chi connectivity index (χ4v) is 5.40. The molecule has 2 unspecified atom stereocenters. The lowest BCUT2D eigenvalue weighted by Gasteiger charge is -2.34. The van der Waals surface area contributed by atoms with E-state index in [1.54, 1.807) is 18.1 Å². The molecule has 0 bridgehead atoms. The third kappa shape index (κ3) is 5.34. The molecule has 2 amide bonds. The number of fused-ring (bicyclic) bond motifs is 1. The zero-order valence-electron chi connectivity index (χ0n) is 21.9. The fraction of sp³-hybridized carbons (Fsp3) is 0.519. The molecule has 38 heavy (non-hydrogen) atoms. The van der Waals surface area contributed by atoms with Crippen LogP contribution >= 0.6 is 0 Å². The van der Waals surface area contributed by atoms with E-state index in [-0.39, 0.29) is 18.4 Å². The smallest absolute Gasteiger partial charge is 0.328 e. The van der Waals surface area contributed by atoms with Crippen LogP contribution in [0.3, 0.4) is 0 Å². The molecular formula is C27H33N7O4. The van der Waals surface area contributed by atoms with Gasteiger partial charge in [-0.15, -0.1) is 0 Å². The highest BCUT2D eigenvalue weighted by molar-refractivity contribution is 6.01. The number of nitrogens with zero attached hydrogens (tertiary/aromatic N) is 6. The van der Waals surface area contributed by atoms with Crippen LogP contribution in [0.1, 0.15) is 53.4 Å². The van der Waals surface area contributed by atoms with Gasteiger partial charge in [0.1, 0.15) is 29.6 Å². The van der Waals surface area contributed by atoms with E-state index >= 15 is 0 Å². The van der Waals surface area contributed by atoms with E-state index < -0.39 is 0 Å². The SMILES string of the molecule is COC1CCN(c2cc(NC(=O)N3CCCc4cc(CN5CCCOC5C)c(C=O)nc43)ncc2C#N)C1. The molecule has 0 radical (unpaired) electrons. The minimum atomic E-state index is -0.375. The van der Waals surface area contributed by atoms with Crippen LogP contribution < -0.4 is 15.1 Å². The Bertz CT molecular complexity index is 1250. The van der Waals surface area contributed by atoms with Crippen LogP contribution in [-0.4, -0.2) is 79.4 Å². The van der Waals surface area contributed by atoms with Crippen LogP contribution in [0.4, 0.5) is 22.1 Å². The highest BCUT2D eigenvalue weighted by Crippen LogP contribution is 2.30. The Morgan fingerprint density at radius 1 is 1.32 bits per heavy atom. The molecule has 0 aliphatic carbocycles. The normalized spacial score (nSPS) is 21.6. The Kier molecular flexibility index (Phi) is 7.83. The Morgan fingerprint density at radius 3 is 2.92 bits per heavy atom. The van der Waals surface area contributed by atoms with Gasteiger partial charge in [0.05, 0.1) is 17.4 Å². The molecule has 5 rings (SSSR count). The molecule has 200 valence electrons. The summed E-state index contributed by atoms with van der Waals surface area (Å²) >= 11 is 0. The second kappa shape index (κ2) is 11.4. The monoisotopic (exact) mass is 519 g/mol. The summed E-state index contributed by atoms with van der Waals surface area (Å²) in [5.74, 6) is 0.849. The van der Waals surface area contributed by atoms with Gasteiger partial charge < -0.3 is 14.4 Å². The Morgan fingerprint density at radius 2 is 2.18 bits per heavy atom. The molecule has 0 aromatic carbocycles. The standard InChI is InChI=1S/C27H33N7O4/c1-18-32(7-4-10-38-18)15-20-11-19-5-3-8-34(26(19)30-23(20)17-35)27(36)31-25-12-24(21(13-28)14-29-25)33-9-6-22(16-33)37-2/h11-12,14,17-18,22H,3-10,15-16H2,1-2H3,(H,29,31,36). The van der Waals surface area contributed by atoms with Gasteiger partial charge in [-0.05, 0) is 49.8 Å². The number of carbonyl (C=O) groups excluding carboxylic acids is 2. The Labute approximate surface area is 222 Å². The Hall–Kier alpha value is -3.59. The van der Waals surface area contributed by atoms with Crippen molar-refractivity contribution >= 4 is 29.6 Å². The van der Waals surface area contributed by atoms with Crippen molar-refractivity contribution in [1.82, 2.24) is 14.9 Å². The quantitative estimate of drug-likeness (QED) is 0.574. The summed E-state index contributed by atoms with van der Waals surface area (Å²) in [5.41, 5.74) is 3.28. The van der Waals surface area contributed by atoms with Crippen molar-refractivity contribution in [2.45, 2.75) is 51.5 Å². The number of pyridine rings is 2. The average molecular weight is 520 g/mol. The van der Waals surface area contributed by atoms with Crippen molar-refractivity contribution in [1.29, 1.82) is 5.26 Å². The largest absolute Gasteiger partial charge is 0.380 e. The first-order valence-corrected chi connectivity index (χ1v) is 13.1. The van der Waals surface area contributed by atoms with Crippen molar-refractivity contribution in [3.05, 3.63) is 40.7 Å². The van der Waals surface area contributed by atoms with Crippen LogP contribution in [-0.2, 0) is 22.4 Å². The molecule has 2 aromatic heterocycles. The molecule has 11 heteroatoms. The summed E-state index contributed by atoms with van der Waals surface area (Å²) < 4.78 is 11.2. The van der Waals surface area contributed by atoms with E-state index in [4.69, 9.17) is 9.47 Å². The van der Waals surface area contributed by atoms with Gasteiger partial charge in [-0.3, -0.25) is 19.9 Å². The summed E-state index contributed by atoms with van der Waals surface area (Å²) in [6.45, 7) is 6.13. The number of nitriles is 1. The zero-order chi connectivity index (χ0) is 26.6. The van der Waals surface area contributed by atoms with Crippen LogP contribution in [0.15, 0.2) is 18.3 Å². The first kappa shape index (κ1) is 26.0. The summed E-state index contributed by atoms with van der Waals surface area (Å²) in [6.07, 6.45) is 5.69. The number of aldehydes is 1. The molecule has 1 N–H and O–H groups in total. The van der Waals surface area contributed by atoms with E-state index in [0.717, 1.165) is 68.5 Å². The lowest BCUT2D eigenvalue weighted by molar-refractivity contribution is -0.0877. The second-order valence-corrected chi connectivity index (χ2v) is 9.90. The van der Waals surface area contributed by atoms with Crippen LogP contribution in [0.5, 0.6) is 0 Å². The van der Waals surface area contributed by atoms with Crippen LogP contribution in [0.25, 0.3) is 0 Å². The van der Waals surface area contributed by atoms with E-state index in [1.807, 2.05) is 13.0 Å². The number of nitrogens with one attached hydrogen (secondary N) is 1. The summed E-state index contributed by atoms with van der Waals surface area (Å²) in [7, 11) is 1.68. The molecule has 0 saturated carbocycles. The van der Waals surface area contributed by atoms with Crippen molar-refractivity contribution in [2.24, 2.45) is 0 Å². The summed E-state index contributed by atoms with van der Waals surface area (Å²) in [5, 5.41) is 12.5. The van der Waals surface area contributed by atoms with E-state index in [2.05, 4.69) is 31.2 Å². The van der Waals surface area contributed by atoms with Gasteiger partial charge >= 0.3 is 6.03 Å². The molecular weight excluding hydrogens is 486 g/mol. The molecule has 0 spiro atoms. The summed E-state index contributed by atoms with van der Waals surface area (Å²) in [4.78, 5) is 40.1.